The van der Waals surface area contributed by atoms with E-state index in [0.29, 0.717) is 12.8 Å². The molecule has 2 unspecified atom stereocenters. The van der Waals surface area contributed by atoms with Crippen molar-refractivity contribution >= 4 is 20.2 Å². The van der Waals surface area contributed by atoms with Crippen LogP contribution >= 0.6 is 0 Å². The number of hydrogen-bond acceptors (Lipinski definition) is 6. The van der Waals surface area contributed by atoms with Gasteiger partial charge in [0.1, 0.15) is 0 Å². The lowest BCUT2D eigenvalue weighted by Gasteiger charge is -2.26. The molecule has 0 aliphatic carbocycles. The molecule has 0 saturated carbocycles. The molecule has 0 amide bonds. The Kier molecular flexibility index (Phi) is 10.5. The highest BCUT2D eigenvalue weighted by Gasteiger charge is 2.19. The summed E-state index contributed by atoms with van der Waals surface area (Å²) >= 11 is 0. The summed E-state index contributed by atoms with van der Waals surface area (Å²) in [5.41, 5.74) is 5.05. The van der Waals surface area contributed by atoms with Crippen molar-refractivity contribution in [3.8, 4) is 0 Å². The van der Waals surface area contributed by atoms with E-state index in [0.717, 1.165) is 19.6 Å². The maximum absolute atomic E-state index is 10.7. The Morgan fingerprint density at radius 1 is 0.913 bits per heavy atom. The van der Waals surface area contributed by atoms with Gasteiger partial charge in [0.2, 0.25) is 0 Å². The van der Waals surface area contributed by atoms with Gasteiger partial charge in [0.05, 0.1) is 10.5 Å². The van der Waals surface area contributed by atoms with Gasteiger partial charge in [-0.2, -0.15) is 16.8 Å². The topological polar surface area (TPSA) is 138 Å². The van der Waals surface area contributed by atoms with E-state index in [4.69, 9.17) is 14.8 Å². The maximum atomic E-state index is 10.7. The van der Waals surface area contributed by atoms with Crippen LogP contribution in [-0.4, -0.2) is 67.5 Å². The van der Waals surface area contributed by atoms with Crippen LogP contribution in [0.1, 0.15) is 46.0 Å². The van der Waals surface area contributed by atoms with E-state index in [1.165, 1.54) is 26.2 Å². The van der Waals surface area contributed by atoms with E-state index in [2.05, 4.69) is 4.90 Å². The summed E-state index contributed by atoms with van der Waals surface area (Å²) in [6.45, 7) is 6.17. The summed E-state index contributed by atoms with van der Waals surface area (Å²) in [7, 11) is -7.68. The molecule has 1 heterocycles. The van der Waals surface area contributed by atoms with Crippen molar-refractivity contribution in [1.82, 2.24) is 4.90 Å². The summed E-state index contributed by atoms with van der Waals surface area (Å²) in [6, 6.07) is 0. The van der Waals surface area contributed by atoms with E-state index in [9.17, 15) is 16.8 Å². The molecule has 0 bridgehead atoms. The highest BCUT2D eigenvalue weighted by molar-refractivity contribution is 7.86. The highest BCUT2D eigenvalue weighted by atomic mass is 32.2. The maximum Gasteiger partial charge on any atom is 0.267 e. The van der Waals surface area contributed by atoms with Gasteiger partial charge in [0.15, 0.2) is 0 Å². The van der Waals surface area contributed by atoms with Gasteiger partial charge >= 0.3 is 0 Å². The molecule has 1 rings (SSSR count). The summed E-state index contributed by atoms with van der Waals surface area (Å²) in [5.74, 6) is 0. The first-order chi connectivity index (χ1) is 10.5. The number of piperidine rings is 1. The van der Waals surface area contributed by atoms with E-state index in [1.807, 2.05) is 0 Å². The zero-order valence-electron chi connectivity index (χ0n) is 13.9. The second kappa shape index (κ2) is 10.6. The minimum Gasteiger partial charge on any atom is -0.330 e. The number of likely N-dealkylation sites (tertiary alicyclic amines) is 1. The average molecular weight is 375 g/mol. The van der Waals surface area contributed by atoms with Crippen molar-refractivity contribution in [2.24, 2.45) is 5.73 Å². The zero-order valence-corrected chi connectivity index (χ0v) is 15.5. The monoisotopic (exact) mass is 374 g/mol. The third-order valence-electron chi connectivity index (χ3n) is 3.89. The van der Waals surface area contributed by atoms with Gasteiger partial charge in [-0.25, -0.2) is 0 Å². The lowest BCUT2D eigenvalue weighted by atomic mass is 10.1. The van der Waals surface area contributed by atoms with Crippen LogP contribution in [-0.2, 0) is 20.2 Å². The van der Waals surface area contributed by atoms with Crippen LogP contribution in [0.2, 0.25) is 0 Å². The number of nitrogens with zero attached hydrogens (tertiary/aromatic N) is 1. The van der Waals surface area contributed by atoms with Crippen molar-refractivity contribution in [1.29, 1.82) is 0 Å². The Morgan fingerprint density at radius 3 is 1.70 bits per heavy atom. The Bertz CT molecular complexity index is 515. The standard InChI is InChI=1S/C9H19NO3S.C4H11NO3S/c1-9(14(11,12)13)5-8-10-6-3-2-4-7-10;1-4(2-3-5)9(6,7)8/h9H,2-8H2,1H3,(H,11,12,13);4H,2-3,5H2,1H3,(H,6,7,8). The molecule has 8 nitrogen and oxygen atoms in total. The van der Waals surface area contributed by atoms with Gasteiger partial charge in [0, 0.05) is 0 Å². The van der Waals surface area contributed by atoms with Gasteiger partial charge < -0.3 is 10.6 Å². The largest absolute Gasteiger partial charge is 0.330 e. The molecule has 10 heteroatoms. The first-order valence-corrected chi connectivity index (χ1v) is 10.8. The third kappa shape index (κ3) is 11.0. The van der Waals surface area contributed by atoms with Gasteiger partial charge in [-0.15, -0.1) is 0 Å². The van der Waals surface area contributed by atoms with Gasteiger partial charge in [-0.3, -0.25) is 9.11 Å². The Hall–Kier alpha value is -0.260. The molecule has 2 atom stereocenters. The van der Waals surface area contributed by atoms with Gasteiger partial charge in [0.25, 0.3) is 20.2 Å². The Labute approximate surface area is 139 Å². The molecule has 1 saturated heterocycles. The molecule has 1 aliphatic heterocycles. The molecule has 1 fully saturated rings. The summed E-state index contributed by atoms with van der Waals surface area (Å²) < 4.78 is 59.0. The number of hydrogen-bond donors (Lipinski definition) is 3. The summed E-state index contributed by atoms with van der Waals surface area (Å²) in [5, 5.41) is -1.37. The van der Waals surface area contributed by atoms with Crippen molar-refractivity contribution < 1.29 is 25.9 Å². The normalized spacial score (nSPS) is 19.5. The molecule has 4 N–H and O–H groups in total. The first-order valence-electron chi connectivity index (χ1n) is 7.83. The second-order valence-electron chi connectivity index (χ2n) is 5.92. The number of rotatable bonds is 7. The fourth-order valence-corrected chi connectivity index (χ4v) is 2.92. The van der Waals surface area contributed by atoms with Crippen LogP contribution in [0.4, 0.5) is 0 Å². The molecule has 0 spiro atoms. The van der Waals surface area contributed by atoms with Crippen LogP contribution in [0.25, 0.3) is 0 Å². The minimum absolute atomic E-state index is 0.279. The molecular weight excluding hydrogens is 344 g/mol. The predicted molar refractivity (Wildman–Crippen MR) is 90.6 cm³/mol. The molecule has 0 aromatic heterocycles. The Morgan fingerprint density at radius 2 is 1.35 bits per heavy atom. The van der Waals surface area contributed by atoms with Crippen molar-refractivity contribution in [3.63, 3.8) is 0 Å². The molecule has 1 aliphatic rings. The van der Waals surface area contributed by atoms with E-state index in [-0.39, 0.29) is 6.54 Å². The van der Waals surface area contributed by atoms with Crippen LogP contribution in [0, 0.1) is 0 Å². The molecule has 0 aromatic rings. The lowest BCUT2D eigenvalue weighted by Crippen LogP contribution is -2.33. The molecule has 23 heavy (non-hydrogen) atoms. The van der Waals surface area contributed by atoms with E-state index >= 15 is 0 Å². The molecule has 140 valence electrons. The third-order valence-corrected chi connectivity index (χ3v) is 6.40. The fraction of sp³-hybridized carbons (Fsp3) is 1.00. The van der Waals surface area contributed by atoms with Crippen LogP contribution in [0.5, 0.6) is 0 Å². The van der Waals surface area contributed by atoms with Gasteiger partial charge in [-0.1, -0.05) is 6.42 Å². The fourth-order valence-electron chi connectivity index (χ4n) is 2.08. The number of nitrogens with two attached hydrogens (primary N) is 1. The van der Waals surface area contributed by atoms with Crippen molar-refractivity contribution in [2.45, 2.75) is 56.5 Å². The summed E-state index contributed by atoms with van der Waals surface area (Å²) in [4.78, 5) is 2.27. The zero-order chi connectivity index (χ0) is 18.1. The van der Waals surface area contributed by atoms with E-state index < -0.39 is 30.7 Å². The summed E-state index contributed by atoms with van der Waals surface area (Å²) in [6.07, 6.45) is 4.53. The van der Waals surface area contributed by atoms with Crippen LogP contribution < -0.4 is 5.73 Å². The average Bonchev–Trinajstić information content (AvgIpc) is 2.45. The highest BCUT2D eigenvalue weighted by Crippen LogP contribution is 2.11. The molecule has 0 radical (unpaired) electrons. The van der Waals surface area contributed by atoms with Crippen molar-refractivity contribution in [3.05, 3.63) is 0 Å². The minimum atomic E-state index is -3.84. The molecular formula is C13H30N2O6S2. The van der Waals surface area contributed by atoms with Crippen LogP contribution in [0.15, 0.2) is 0 Å². The second-order valence-corrected chi connectivity index (χ2v) is 9.59. The van der Waals surface area contributed by atoms with Crippen molar-refractivity contribution in [2.75, 3.05) is 26.2 Å². The first kappa shape index (κ1) is 22.7. The SMILES string of the molecule is CC(CCN)S(=O)(=O)O.CC(CCN1CCCCC1)S(=O)(=O)O. The van der Waals surface area contributed by atoms with Crippen LogP contribution in [0.3, 0.4) is 0 Å². The van der Waals surface area contributed by atoms with E-state index in [1.54, 1.807) is 6.92 Å². The quantitative estimate of drug-likeness (QED) is 0.555. The van der Waals surface area contributed by atoms with Gasteiger partial charge in [-0.05, 0) is 65.7 Å². The Balaban J connectivity index is 0.000000468. The predicted octanol–water partition coefficient (Wildman–Crippen LogP) is 0.750. The molecule has 0 aromatic carbocycles. The smallest absolute Gasteiger partial charge is 0.267 e. The lowest BCUT2D eigenvalue weighted by molar-refractivity contribution is 0.225.